The van der Waals surface area contributed by atoms with Crippen LogP contribution in [0.5, 0.6) is 0 Å². The van der Waals surface area contributed by atoms with E-state index in [9.17, 15) is 19.2 Å². The molecule has 0 aliphatic carbocycles. The molecule has 1 aromatic carbocycles. The summed E-state index contributed by atoms with van der Waals surface area (Å²) in [4.78, 5) is 50.7. The van der Waals surface area contributed by atoms with Gasteiger partial charge < -0.3 is 11.1 Å². The van der Waals surface area contributed by atoms with Crippen molar-refractivity contribution in [3.05, 3.63) is 24.3 Å². The van der Waals surface area contributed by atoms with Gasteiger partial charge in [-0.25, -0.2) is 4.90 Å². The molecule has 4 amide bonds. The first-order chi connectivity index (χ1) is 12.4. The normalized spacial score (nSPS) is 21.9. The molecule has 8 heteroatoms. The van der Waals surface area contributed by atoms with Crippen molar-refractivity contribution in [3.63, 3.8) is 0 Å². The molecule has 0 aromatic heterocycles. The van der Waals surface area contributed by atoms with Crippen LogP contribution in [0.25, 0.3) is 0 Å². The third-order valence-corrected chi connectivity index (χ3v) is 4.94. The SMILES string of the molecule is CC(=O)Nc1ccc(N2C(=O)C[C@@H](N3CCC(C(N)=O)CC3)C2=O)cc1. The van der Waals surface area contributed by atoms with Gasteiger partial charge in [0, 0.05) is 18.5 Å². The lowest BCUT2D eigenvalue weighted by Gasteiger charge is -2.33. The zero-order valence-electron chi connectivity index (χ0n) is 14.6. The number of nitrogens with one attached hydrogen (secondary N) is 1. The number of imide groups is 1. The van der Waals surface area contributed by atoms with Gasteiger partial charge >= 0.3 is 0 Å². The number of piperidine rings is 1. The molecule has 3 N–H and O–H groups in total. The maximum atomic E-state index is 12.8. The Morgan fingerprint density at radius 3 is 2.27 bits per heavy atom. The molecule has 1 atom stereocenters. The Morgan fingerprint density at radius 1 is 1.12 bits per heavy atom. The molecule has 8 nitrogen and oxygen atoms in total. The Kier molecular flexibility index (Phi) is 5.03. The fraction of sp³-hybridized carbons (Fsp3) is 0.444. The van der Waals surface area contributed by atoms with Gasteiger partial charge in [0.1, 0.15) is 0 Å². The lowest BCUT2D eigenvalue weighted by molar-refractivity contribution is -0.124. The molecule has 0 radical (unpaired) electrons. The van der Waals surface area contributed by atoms with Crippen LogP contribution in [0.4, 0.5) is 11.4 Å². The minimum absolute atomic E-state index is 0.132. The second-order valence-electron chi connectivity index (χ2n) is 6.73. The first-order valence-electron chi connectivity index (χ1n) is 8.64. The molecule has 0 saturated carbocycles. The Hall–Kier alpha value is -2.74. The predicted octanol–water partition coefficient (Wildman–Crippen LogP) is 0.474. The maximum absolute atomic E-state index is 12.8. The number of hydrogen-bond donors (Lipinski definition) is 2. The van der Waals surface area contributed by atoms with Crippen LogP contribution in [0.1, 0.15) is 26.2 Å². The Labute approximate surface area is 151 Å². The van der Waals surface area contributed by atoms with Gasteiger partial charge in [-0.3, -0.25) is 24.1 Å². The van der Waals surface area contributed by atoms with Gasteiger partial charge in [0.05, 0.1) is 18.2 Å². The summed E-state index contributed by atoms with van der Waals surface area (Å²) in [5.74, 6) is -1.15. The summed E-state index contributed by atoms with van der Waals surface area (Å²) in [7, 11) is 0. The lowest BCUT2D eigenvalue weighted by atomic mass is 9.95. The zero-order chi connectivity index (χ0) is 18.8. The highest BCUT2D eigenvalue weighted by molar-refractivity contribution is 6.22. The quantitative estimate of drug-likeness (QED) is 0.760. The number of nitrogens with two attached hydrogens (primary N) is 1. The summed E-state index contributed by atoms with van der Waals surface area (Å²) >= 11 is 0. The van der Waals surface area contributed by atoms with E-state index >= 15 is 0 Å². The monoisotopic (exact) mass is 358 g/mol. The summed E-state index contributed by atoms with van der Waals surface area (Å²) in [5, 5.41) is 2.65. The van der Waals surface area contributed by atoms with Crippen LogP contribution in [-0.2, 0) is 19.2 Å². The van der Waals surface area contributed by atoms with E-state index in [1.54, 1.807) is 24.3 Å². The molecule has 2 aliphatic heterocycles. The Balaban J connectivity index is 1.69. The van der Waals surface area contributed by atoms with E-state index in [2.05, 4.69) is 5.32 Å². The van der Waals surface area contributed by atoms with E-state index in [0.717, 1.165) is 0 Å². The van der Waals surface area contributed by atoms with Crippen molar-refractivity contribution in [1.29, 1.82) is 0 Å². The molecule has 1 aromatic rings. The van der Waals surface area contributed by atoms with Crippen molar-refractivity contribution in [2.75, 3.05) is 23.3 Å². The van der Waals surface area contributed by atoms with Gasteiger partial charge in [0.15, 0.2) is 0 Å². The van der Waals surface area contributed by atoms with Crippen molar-refractivity contribution in [1.82, 2.24) is 4.90 Å². The molecular weight excluding hydrogens is 336 g/mol. The van der Waals surface area contributed by atoms with Gasteiger partial charge in [-0.15, -0.1) is 0 Å². The summed E-state index contributed by atoms with van der Waals surface area (Å²) in [6, 6.07) is 6.10. The lowest BCUT2D eigenvalue weighted by Crippen LogP contribution is -2.47. The van der Waals surface area contributed by atoms with Crippen LogP contribution in [-0.4, -0.2) is 47.7 Å². The summed E-state index contributed by atoms with van der Waals surface area (Å²) in [5.41, 5.74) is 6.43. The largest absolute Gasteiger partial charge is 0.369 e. The number of carbonyl (C=O) groups excluding carboxylic acids is 4. The van der Waals surface area contributed by atoms with Crippen molar-refractivity contribution in [3.8, 4) is 0 Å². The number of rotatable bonds is 4. The van der Waals surface area contributed by atoms with Gasteiger partial charge in [-0.2, -0.15) is 0 Å². The van der Waals surface area contributed by atoms with Crippen molar-refractivity contribution < 1.29 is 19.2 Å². The number of carbonyl (C=O) groups is 4. The van der Waals surface area contributed by atoms with Crippen LogP contribution in [0.2, 0.25) is 0 Å². The number of benzene rings is 1. The minimum Gasteiger partial charge on any atom is -0.369 e. The Bertz CT molecular complexity index is 738. The number of hydrogen-bond acceptors (Lipinski definition) is 5. The summed E-state index contributed by atoms with van der Waals surface area (Å²) in [6.45, 7) is 2.56. The first-order valence-corrected chi connectivity index (χ1v) is 8.64. The Morgan fingerprint density at radius 2 is 1.73 bits per heavy atom. The molecule has 0 unspecified atom stereocenters. The third kappa shape index (κ3) is 3.60. The molecular formula is C18H22N4O4. The van der Waals surface area contributed by atoms with Crippen molar-refractivity contribution in [2.24, 2.45) is 11.7 Å². The molecule has 2 fully saturated rings. The fourth-order valence-electron chi connectivity index (χ4n) is 3.57. The number of likely N-dealkylation sites (tertiary alicyclic amines) is 1. The molecule has 2 saturated heterocycles. The van der Waals surface area contributed by atoms with Gasteiger partial charge in [0.2, 0.25) is 17.7 Å². The van der Waals surface area contributed by atoms with E-state index in [0.29, 0.717) is 37.3 Å². The van der Waals surface area contributed by atoms with Gasteiger partial charge in [-0.05, 0) is 50.2 Å². The average Bonchev–Trinajstić information content (AvgIpc) is 2.90. The van der Waals surface area contributed by atoms with Crippen LogP contribution in [0.15, 0.2) is 24.3 Å². The molecule has 0 bridgehead atoms. The molecule has 0 spiro atoms. The fourth-order valence-corrected chi connectivity index (χ4v) is 3.57. The van der Waals surface area contributed by atoms with Crippen molar-refractivity contribution >= 4 is 35.0 Å². The number of anilines is 2. The second kappa shape index (κ2) is 7.25. The smallest absolute Gasteiger partial charge is 0.251 e. The summed E-state index contributed by atoms with van der Waals surface area (Å²) in [6.07, 6.45) is 1.35. The van der Waals surface area contributed by atoms with Crippen LogP contribution in [0, 0.1) is 5.92 Å². The molecule has 138 valence electrons. The van der Waals surface area contributed by atoms with E-state index in [1.165, 1.54) is 11.8 Å². The molecule has 2 heterocycles. The molecule has 2 aliphatic rings. The third-order valence-electron chi connectivity index (χ3n) is 4.94. The molecule has 26 heavy (non-hydrogen) atoms. The van der Waals surface area contributed by atoms with E-state index in [1.807, 2.05) is 4.90 Å². The summed E-state index contributed by atoms with van der Waals surface area (Å²) < 4.78 is 0. The van der Waals surface area contributed by atoms with E-state index in [-0.39, 0.29) is 36.0 Å². The number of primary amides is 1. The average molecular weight is 358 g/mol. The highest BCUT2D eigenvalue weighted by Gasteiger charge is 2.43. The topological polar surface area (TPSA) is 113 Å². The molecule has 3 rings (SSSR count). The second-order valence-corrected chi connectivity index (χ2v) is 6.73. The maximum Gasteiger partial charge on any atom is 0.251 e. The highest BCUT2D eigenvalue weighted by Crippen LogP contribution is 2.29. The minimum atomic E-state index is -0.494. The standard InChI is InChI=1S/C18H22N4O4/c1-11(23)20-13-2-4-14(5-3-13)22-16(24)10-15(18(22)26)21-8-6-12(7-9-21)17(19)25/h2-5,12,15H,6-10H2,1H3,(H2,19,25)(H,20,23)/t15-/m1/s1. The number of amides is 4. The van der Waals surface area contributed by atoms with Gasteiger partial charge in [-0.1, -0.05) is 0 Å². The highest BCUT2D eigenvalue weighted by atomic mass is 16.2. The van der Waals surface area contributed by atoms with E-state index < -0.39 is 6.04 Å². The van der Waals surface area contributed by atoms with Crippen LogP contribution >= 0.6 is 0 Å². The van der Waals surface area contributed by atoms with E-state index in [4.69, 9.17) is 5.73 Å². The van der Waals surface area contributed by atoms with Crippen LogP contribution < -0.4 is 16.0 Å². The zero-order valence-corrected chi connectivity index (χ0v) is 14.6. The first kappa shape index (κ1) is 18.1. The van der Waals surface area contributed by atoms with Gasteiger partial charge in [0.25, 0.3) is 5.91 Å². The van der Waals surface area contributed by atoms with Crippen LogP contribution in [0.3, 0.4) is 0 Å². The number of nitrogens with zero attached hydrogens (tertiary/aromatic N) is 2. The van der Waals surface area contributed by atoms with Crippen molar-refractivity contribution in [2.45, 2.75) is 32.2 Å². The predicted molar refractivity (Wildman–Crippen MR) is 95.1 cm³/mol.